The van der Waals surface area contributed by atoms with Crippen LogP contribution in [0.4, 0.5) is 10.5 Å². The number of carbonyl (C=O) groups excluding carboxylic acids is 1. The summed E-state index contributed by atoms with van der Waals surface area (Å²) in [7, 11) is 0. The van der Waals surface area contributed by atoms with E-state index in [1.165, 1.54) is 5.56 Å². The smallest absolute Gasteiger partial charge is 0.319 e. The predicted molar refractivity (Wildman–Crippen MR) is 106 cm³/mol. The molecule has 0 atom stereocenters. The van der Waals surface area contributed by atoms with Crippen molar-refractivity contribution in [2.24, 2.45) is 0 Å². The van der Waals surface area contributed by atoms with Gasteiger partial charge in [-0.1, -0.05) is 32.9 Å². The summed E-state index contributed by atoms with van der Waals surface area (Å²) >= 11 is 1.60. The van der Waals surface area contributed by atoms with E-state index in [4.69, 9.17) is 0 Å². The van der Waals surface area contributed by atoms with Gasteiger partial charge in [-0.15, -0.1) is 0 Å². The van der Waals surface area contributed by atoms with Gasteiger partial charge in [0.2, 0.25) is 0 Å². The number of hydrogen-bond acceptors (Lipinski definition) is 4. The van der Waals surface area contributed by atoms with Gasteiger partial charge in [0.05, 0.1) is 17.9 Å². The van der Waals surface area contributed by atoms with E-state index in [2.05, 4.69) is 41.4 Å². The molecule has 2 N–H and O–H groups in total. The van der Waals surface area contributed by atoms with E-state index in [9.17, 15) is 4.79 Å². The van der Waals surface area contributed by atoms with Crippen molar-refractivity contribution in [3.05, 3.63) is 64.7 Å². The molecule has 0 saturated carbocycles. The van der Waals surface area contributed by atoms with Gasteiger partial charge >= 0.3 is 6.03 Å². The number of urea groups is 1. The van der Waals surface area contributed by atoms with E-state index in [0.29, 0.717) is 6.54 Å². The standard InChI is InChI=1S/C20H22N4OS/c1-20(2,3)15-4-6-16(7-5-15)24-19(25)23-12-17-18(22-10-9-21-17)14-8-11-26-13-14/h4-11,13H,12H2,1-3H3,(H2,23,24,25). The van der Waals surface area contributed by atoms with Crippen molar-refractivity contribution in [1.29, 1.82) is 0 Å². The maximum Gasteiger partial charge on any atom is 0.319 e. The topological polar surface area (TPSA) is 66.9 Å². The second-order valence-corrected chi connectivity index (χ2v) is 7.78. The molecule has 6 heteroatoms. The number of thiophene rings is 1. The van der Waals surface area contributed by atoms with E-state index in [1.54, 1.807) is 23.7 Å². The lowest BCUT2D eigenvalue weighted by Gasteiger charge is -2.19. The molecule has 1 aromatic carbocycles. The van der Waals surface area contributed by atoms with Crippen molar-refractivity contribution in [3.63, 3.8) is 0 Å². The molecule has 2 aromatic heterocycles. The Bertz CT molecular complexity index is 868. The van der Waals surface area contributed by atoms with Gasteiger partial charge in [0.25, 0.3) is 0 Å². The van der Waals surface area contributed by atoms with Crippen molar-refractivity contribution in [1.82, 2.24) is 15.3 Å². The number of nitrogens with one attached hydrogen (secondary N) is 2. The van der Waals surface area contributed by atoms with E-state index in [1.807, 2.05) is 41.1 Å². The predicted octanol–water partition coefficient (Wildman–Crippen LogP) is 4.82. The van der Waals surface area contributed by atoms with Gasteiger partial charge in [-0.2, -0.15) is 11.3 Å². The molecule has 134 valence electrons. The van der Waals surface area contributed by atoms with Crippen LogP contribution in [0.2, 0.25) is 0 Å². The fraction of sp³-hybridized carbons (Fsp3) is 0.250. The summed E-state index contributed by atoms with van der Waals surface area (Å²) < 4.78 is 0. The minimum absolute atomic E-state index is 0.0881. The number of benzene rings is 1. The van der Waals surface area contributed by atoms with Gasteiger partial charge < -0.3 is 10.6 Å². The molecule has 5 nitrogen and oxygen atoms in total. The van der Waals surface area contributed by atoms with Crippen molar-refractivity contribution < 1.29 is 4.79 Å². The minimum atomic E-state index is -0.268. The normalized spacial score (nSPS) is 11.2. The third-order valence-electron chi connectivity index (χ3n) is 3.99. The Morgan fingerprint density at radius 1 is 1.08 bits per heavy atom. The number of amides is 2. The van der Waals surface area contributed by atoms with Crippen LogP contribution in [0.5, 0.6) is 0 Å². The zero-order valence-electron chi connectivity index (χ0n) is 15.1. The van der Waals surface area contributed by atoms with Crippen LogP contribution in [0.1, 0.15) is 32.0 Å². The molecule has 0 spiro atoms. The molecular weight excluding hydrogens is 344 g/mol. The highest BCUT2D eigenvalue weighted by Gasteiger charge is 2.13. The summed E-state index contributed by atoms with van der Waals surface area (Å²) in [5.74, 6) is 0. The highest BCUT2D eigenvalue weighted by Crippen LogP contribution is 2.24. The SMILES string of the molecule is CC(C)(C)c1ccc(NC(=O)NCc2nccnc2-c2ccsc2)cc1. The van der Waals surface area contributed by atoms with Gasteiger partial charge in [0.1, 0.15) is 0 Å². The first-order valence-corrected chi connectivity index (χ1v) is 9.35. The molecule has 0 fully saturated rings. The maximum atomic E-state index is 12.2. The van der Waals surface area contributed by atoms with Crippen molar-refractivity contribution in [2.75, 3.05) is 5.32 Å². The number of aromatic nitrogens is 2. The minimum Gasteiger partial charge on any atom is -0.332 e. The van der Waals surface area contributed by atoms with E-state index >= 15 is 0 Å². The molecule has 3 rings (SSSR count). The Labute approximate surface area is 157 Å². The van der Waals surface area contributed by atoms with Crippen LogP contribution >= 0.6 is 11.3 Å². The Hall–Kier alpha value is -2.73. The third-order valence-corrected chi connectivity index (χ3v) is 4.68. The molecule has 0 unspecified atom stereocenters. The Kier molecular flexibility index (Phi) is 5.32. The molecule has 0 radical (unpaired) electrons. The third kappa shape index (κ3) is 4.46. The fourth-order valence-corrected chi connectivity index (χ4v) is 3.17. The average Bonchev–Trinajstić information content (AvgIpc) is 3.14. The van der Waals surface area contributed by atoms with Crippen molar-refractivity contribution >= 4 is 23.1 Å². The van der Waals surface area contributed by atoms with Gasteiger partial charge in [-0.3, -0.25) is 9.97 Å². The molecule has 0 aliphatic carbocycles. The molecule has 2 amide bonds. The summed E-state index contributed by atoms with van der Waals surface area (Å²) in [5, 5.41) is 9.71. The molecule has 0 aliphatic heterocycles. The van der Waals surface area contributed by atoms with Crippen LogP contribution in [0.3, 0.4) is 0 Å². The molecule has 26 heavy (non-hydrogen) atoms. The zero-order valence-corrected chi connectivity index (χ0v) is 15.9. The Balaban J connectivity index is 1.62. The highest BCUT2D eigenvalue weighted by atomic mass is 32.1. The zero-order chi connectivity index (χ0) is 18.6. The number of carbonyl (C=O) groups is 1. The first kappa shape index (κ1) is 18.1. The first-order chi connectivity index (χ1) is 12.4. The number of anilines is 1. The number of hydrogen-bond donors (Lipinski definition) is 2. The molecule has 0 saturated heterocycles. The van der Waals surface area contributed by atoms with Crippen molar-refractivity contribution in [3.8, 4) is 11.3 Å². The monoisotopic (exact) mass is 366 g/mol. The first-order valence-electron chi connectivity index (χ1n) is 8.41. The summed E-state index contributed by atoms with van der Waals surface area (Å²) in [5.41, 5.74) is 4.62. The Morgan fingerprint density at radius 3 is 2.46 bits per heavy atom. The summed E-state index contributed by atoms with van der Waals surface area (Å²) in [6, 6.07) is 9.63. The Morgan fingerprint density at radius 2 is 1.81 bits per heavy atom. The van der Waals surface area contributed by atoms with Crippen LogP contribution in [-0.4, -0.2) is 16.0 Å². The van der Waals surface area contributed by atoms with E-state index < -0.39 is 0 Å². The van der Waals surface area contributed by atoms with Crippen LogP contribution in [0.15, 0.2) is 53.5 Å². The van der Waals surface area contributed by atoms with Crippen LogP contribution in [-0.2, 0) is 12.0 Å². The lowest BCUT2D eigenvalue weighted by atomic mass is 9.87. The number of rotatable bonds is 4. The molecular formula is C20H22N4OS. The van der Waals surface area contributed by atoms with E-state index in [-0.39, 0.29) is 11.4 Å². The van der Waals surface area contributed by atoms with Crippen LogP contribution in [0, 0.1) is 0 Å². The molecule has 0 bridgehead atoms. The lowest BCUT2D eigenvalue weighted by Crippen LogP contribution is -2.28. The van der Waals surface area contributed by atoms with Gasteiger partial charge in [0.15, 0.2) is 0 Å². The quantitative estimate of drug-likeness (QED) is 0.695. The average molecular weight is 366 g/mol. The second kappa shape index (κ2) is 7.66. The molecule has 3 aromatic rings. The lowest BCUT2D eigenvalue weighted by molar-refractivity contribution is 0.251. The summed E-state index contributed by atoms with van der Waals surface area (Å²) in [4.78, 5) is 20.9. The van der Waals surface area contributed by atoms with Crippen LogP contribution in [0.25, 0.3) is 11.3 Å². The van der Waals surface area contributed by atoms with Crippen molar-refractivity contribution in [2.45, 2.75) is 32.7 Å². The molecule has 2 heterocycles. The summed E-state index contributed by atoms with van der Waals surface area (Å²) in [6.07, 6.45) is 3.29. The van der Waals surface area contributed by atoms with E-state index in [0.717, 1.165) is 22.6 Å². The van der Waals surface area contributed by atoms with Gasteiger partial charge in [0, 0.05) is 29.0 Å². The van der Waals surface area contributed by atoms with Gasteiger partial charge in [-0.05, 0) is 34.6 Å². The van der Waals surface area contributed by atoms with Crippen LogP contribution < -0.4 is 10.6 Å². The maximum absolute atomic E-state index is 12.2. The highest BCUT2D eigenvalue weighted by molar-refractivity contribution is 7.08. The van der Waals surface area contributed by atoms with Gasteiger partial charge in [-0.25, -0.2) is 4.79 Å². The summed E-state index contributed by atoms with van der Waals surface area (Å²) in [6.45, 7) is 6.79. The fourth-order valence-electron chi connectivity index (χ4n) is 2.53. The largest absolute Gasteiger partial charge is 0.332 e. The second-order valence-electron chi connectivity index (χ2n) is 7.00. The number of nitrogens with zero attached hydrogens (tertiary/aromatic N) is 2. The molecule has 0 aliphatic rings.